The predicted octanol–water partition coefficient (Wildman–Crippen LogP) is 11.9. The summed E-state index contributed by atoms with van der Waals surface area (Å²) < 4.78 is 21.7. The SMILES string of the molecule is C[n+]1ccc(/C=C/c2cc3c(O)c(c2)Cc2cc(C(C)(C)C)cc(c2OCCCn2cc(CN4C(=O)C(=O)c5ccccc54)nn2)Cc2cc(/C=C/c4cc[n+](C)cc4)cc(c2O)Cc2cc(C(C)(C)C)cc(c2OCCCn2cc(CN4C(=O)C(=O)c5ccccc54)nn2)C3)cc1. The minimum Gasteiger partial charge on any atom is -0.507 e. The first-order valence-electron chi connectivity index (χ1n) is 33.3. The van der Waals surface area contributed by atoms with Crippen molar-refractivity contribution in [3.8, 4) is 23.0 Å². The van der Waals surface area contributed by atoms with Gasteiger partial charge < -0.3 is 19.7 Å². The Balaban J connectivity index is 0.887. The van der Waals surface area contributed by atoms with Crippen molar-refractivity contribution in [1.29, 1.82) is 0 Å². The van der Waals surface area contributed by atoms with E-state index in [4.69, 9.17) is 9.47 Å². The zero-order chi connectivity index (χ0) is 68.6. The Bertz CT molecular complexity index is 4420. The van der Waals surface area contributed by atoms with Crippen molar-refractivity contribution >= 4 is 59.1 Å². The Morgan fingerprint density at radius 1 is 0.459 bits per heavy atom. The fourth-order valence-corrected chi connectivity index (χ4v) is 13.0. The van der Waals surface area contributed by atoms with Crippen LogP contribution in [0.15, 0.2) is 159 Å². The molecule has 2 N–H and O–H groups in total. The molecule has 2 amide bonds. The number of hydrogen-bond acceptors (Lipinski definition) is 12. The van der Waals surface area contributed by atoms with Crippen molar-refractivity contribution in [2.45, 2.75) is 117 Å². The number of pyridine rings is 2. The Kier molecular flexibility index (Phi) is 18.2. The van der Waals surface area contributed by atoms with Gasteiger partial charge in [-0.3, -0.25) is 38.3 Å². The summed E-state index contributed by atoms with van der Waals surface area (Å²) in [6.45, 7) is 14.7. The second-order valence-electron chi connectivity index (χ2n) is 27.9. The highest BCUT2D eigenvalue weighted by Gasteiger charge is 2.37. The minimum atomic E-state index is -0.596. The molecule has 6 heterocycles. The molecule has 2 aliphatic heterocycles. The predicted molar refractivity (Wildman–Crippen MR) is 375 cm³/mol. The molecule has 0 fully saturated rings. The number of aromatic hydroxyl groups is 2. The third-order valence-electron chi connectivity index (χ3n) is 18.4. The molecule has 4 aromatic heterocycles. The van der Waals surface area contributed by atoms with Crippen molar-refractivity contribution in [2.24, 2.45) is 14.1 Å². The quantitative estimate of drug-likeness (QED) is 0.0468. The van der Waals surface area contributed by atoms with Gasteiger partial charge >= 0.3 is 0 Å². The number of fused-ring (bicyclic) bond motifs is 10. The summed E-state index contributed by atoms with van der Waals surface area (Å²) in [6, 6.07) is 39.2. The number of carbonyl (C=O) groups is 4. The molecule has 18 heteroatoms. The molecule has 6 aromatic carbocycles. The number of ether oxygens (including phenoxy) is 2. The van der Waals surface area contributed by atoms with Gasteiger partial charge in [0, 0.05) is 75.9 Å². The average Bonchev–Trinajstić information content (AvgIpc) is 1.13. The van der Waals surface area contributed by atoms with E-state index in [0.29, 0.717) is 93.6 Å². The number of hydrogen-bond donors (Lipinski definition) is 2. The molecule has 8 bridgehead atoms. The molecule has 0 saturated heterocycles. The molecule has 3 aliphatic rings. The van der Waals surface area contributed by atoms with Crippen molar-refractivity contribution in [2.75, 3.05) is 23.0 Å². The van der Waals surface area contributed by atoms with Gasteiger partial charge in [-0.15, -0.1) is 10.2 Å². The summed E-state index contributed by atoms with van der Waals surface area (Å²) in [5.74, 6) is -0.648. The van der Waals surface area contributed by atoms with Gasteiger partial charge in [-0.2, -0.15) is 0 Å². The number of carbonyl (C=O) groups excluding carboxylic acids is 4. The molecule has 98 heavy (non-hydrogen) atoms. The summed E-state index contributed by atoms with van der Waals surface area (Å²) in [4.78, 5) is 54.7. The largest absolute Gasteiger partial charge is 0.507 e. The highest BCUT2D eigenvalue weighted by atomic mass is 16.5. The first-order chi connectivity index (χ1) is 47.1. The van der Waals surface area contributed by atoms with Crippen LogP contribution in [0.3, 0.4) is 0 Å². The highest BCUT2D eigenvalue weighted by Crippen LogP contribution is 2.43. The lowest BCUT2D eigenvalue weighted by atomic mass is 9.81. The normalized spacial score (nSPS) is 13.9. The monoisotopic (exact) mass is 1310 g/mol. The molecular formula is C80H80N10O8+2. The zero-order valence-electron chi connectivity index (χ0n) is 56.6. The fourth-order valence-electron chi connectivity index (χ4n) is 13.0. The number of aromatic nitrogens is 8. The van der Waals surface area contributed by atoms with Crippen molar-refractivity contribution in [1.82, 2.24) is 30.0 Å². The lowest BCUT2D eigenvalue weighted by Crippen LogP contribution is -2.29. The molecule has 0 atom stereocenters. The van der Waals surface area contributed by atoms with Crippen molar-refractivity contribution in [3.05, 3.63) is 259 Å². The number of anilines is 2. The lowest BCUT2D eigenvalue weighted by molar-refractivity contribution is -0.671. The van der Waals surface area contributed by atoms with Gasteiger partial charge in [0.2, 0.25) is 0 Å². The number of nitrogens with zero attached hydrogens (tertiary/aromatic N) is 10. The molecular weight excluding hydrogens is 1230 g/mol. The second-order valence-corrected chi connectivity index (χ2v) is 27.9. The molecule has 1 aliphatic carbocycles. The van der Waals surface area contributed by atoms with Crippen molar-refractivity contribution < 1.29 is 48.0 Å². The van der Waals surface area contributed by atoms with Crippen LogP contribution < -0.4 is 28.4 Å². The van der Waals surface area contributed by atoms with Crippen LogP contribution in [-0.4, -0.2) is 76.8 Å². The van der Waals surface area contributed by atoms with E-state index in [2.05, 4.69) is 159 Å². The van der Waals surface area contributed by atoms with Crippen LogP contribution in [-0.2, 0) is 86.4 Å². The Labute approximate surface area is 570 Å². The van der Waals surface area contributed by atoms with E-state index >= 15 is 0 Å². The first-order valence-corrected chi connectivity index (χ1v) is 33.3. The van der Waals surface area contributed by atoms with Crippen molar-refractivity contribution in [3.63, 3.8) is 0 Å². The standard InChI is InChI=1S/C80H78N10O8/c1-79(2,3)63-43-59-39-55-35-53(21-19-51-23-29-85(7)30-24-51)37-57(71(55)91)41-61-45-64(80(4,5)6)46-62(76(61)98-34-14-28-88-48-66(82-84-88)50-90-70-18-12-10-16-68(70)74(94)78(90)96)42-58-38-54(22-20-52-25-31-86(8)32-26-52)36-56(72(58)92)40-60(44-63)75(59)97-33-13-27-87-47-65(81-83-87)49-89-69-17-11-9-15-67(69)73(93)77(89)95/h9-12,15-26,29-32,35-38,43-48H,13-14,27-28,33-34,39-42,49-50H2,1-8H3/p+2. The molecule has 0 unspecified atom stereocenters. The second kappa shape index (κ2) is 27.2. The molecule has 0 spiro atoms. The smallest absolute Gasteiger partial charge is 0.299 e. The highest BCUT2D eigenvalue weighted by molar-refractivity contribution is 6.52. The number of aryl methyl sites for hydroxylation is 4. The maximum atomic E-state index is 13.1. The maximum Gasteiger partial charge on any atom is 0.299 e. The number of amides is 2. The van der Waals surface area contributed by atoms with Crippen LogP contribution in [0.1, 0.15) is 164 Å². The van der Waals surface area contributed by atoms with Gasteiger partial charge in [-0.1, -0.05) is 125 Å². The summed E-state index contributed by atoms with van der Waals surface area (Å²) in [6.07, 6.45) is 22.2. The summed E-state index contributed by atoms with van der Waals surface area (Å²) in [5, 5.41) is 43.8. The van der Waals surface area contributed by atoms with E-state index in [-0.39, 0.29) is 74.3 Å². The molecule has 10 aromatic rings. The number of Topliss-reactive ketones (excluding diaryl/α,β-unsaturated/α-hetero) is 2. The lowest BCUT2D eigenvalue weighted by Gasteiger charge is -2.26. The van der Waals surface area contributed by atoms with E-state index in [1.54, 1.807) is 70.3 Å². The summed E-state index contributed by atoms with van der Waals surface area (Å²) >= 11 is 0. The number of benzene rings is 6. The summed E-state index contributed by atoms with van der Waals surface area (Å²) in [7, 11) is 3.98. The van der Waals surface area contributed by atoms with Crippen LogP contribution in [0.2, 0.25) is 0 Å². The zero-order valence-corrected chi connectivity index (χ0v) is 56.6. The molecule has 18 nitrogen and oxygen atoms in total. The third kappa shape index (κ3) is 14.2. The van der Waals surface area contributed by atoms with E-state index in [1.165, 1.54) is 9.80 Å². The number of rotatable bonds is 18. The van der Waals surface area contributed by atoms with E-state index in [0.717, 1.165) is 55.6 Å². The number of phenols is 2. The average molecular weight is 1310 g/mol. The van der Waals surface area contributed by atoms with Crippen LogP contribution in [0.25, 0.3) is 24.3 Å². The third-order valence-corrected chi connectivity index (χ3v) is 18.4. The van der Waals surface area contributed by atoms with E-state index < -0.39 is 23.4 Å². The topological polar surface area (TPSA) is 203 Å². The number of phenolic OH excluding ortho intramolecular Hbond substituents is 2. The van der Waals surface area contributed by atoms with Gasteiger partial charge in [0.25, 0.3) is 23.4 Å². The molecule has 0 saturated carbocycles. The van der Waals surface area contributed by atoms with E-state index in [1.807, 2.05) is 48.0 Å². The first kappa shape index (κ1) is 65.5. The summed E-state index contributed by atoms with van der Waals surface area (Å²) in [5.41, 5.74) is 14.5. The van der Waals surface area contributed by atoms with E-state index in [9.17, 15) is 29.4 Å². The Morgan fingerprint density at radius 2 is 0.796 bits per heavy atom. The van der Waals surface area contributed by atoms with Gasteiger partial charge in [0.15, 0.2) is 24.8 Å². The number of ketones is 2. The van der Waals surface area contributed by atoms with Crippen LogP contribution >= 0.6 is 0 Å². The minimum absolute atomic E-state index is 0.0968. The fraction of sp³-hybridized carbons (Fsp3) is 0.275. The molecule has 0 radical (unpaired) electrons. The van der Waals surface area contributed by atoms with Gasteiger partial charge in [0.1, 0.15) is 48.5 Å². The van der Waals surface area contributed by atoms with Crippen LogP contribution in [0.5, 0.6) is 23.0 Å². The molecule has 13 rings (SSSR count). The van der Waals surface area contributed by atoms with Gasteiger partial charge in [-0.25, -0.2) is 9.13 Å². The Hall–Kier alpha value is -11.1. The number of para-hydroxylation sites is 2. The van der Waals surface area contributed by atoms with Crippen LogP contribution in [0.4, 0.5) is 11.4 Å². The van der Waals surface area contributed by atoms with Gasteiger partial charge in [-0.05, 0) is 137 Å². The maximum absolute atomic E-state index is 13.1. The van der Waals surface area contributed by atoms with Crippen LogP contribution in [0, 0.1) is 0 Å². The molecule has 496 valence electrons. The Morgan fingerprint density at radius 3 is 1.14 bits per heavy atom. The van der Waals surface area contributed by atoms with Gasteiger partial charge in [0.05, 0.1) is 61.2 Å².